The molecule has 222 valence electrons. The van der Waals surface area contributed by atoms with E-state index in [1.54, 1.807) is 0 Å². The van der Waals surface area contributed by atoms with Crippen LogP contribution in [-0.4, -0.2) is 27.0 Å². The SMILES string of the molecule is CCOc1cc(C)c(-c2nc3ccccc3c(=O)n2N=Cc2c(C)n(Cc3ccc(C)cc3)c3ccccc23)cc1C(C)C. The van der Waals surface area contributed by atoms with Crippen molar-refractivity contribution in [2.45, 2.75) is 54.0 Å². The molecule has 2 aromatic heterocycles. The Hall–Kier alpha value is -4.97. The van der Waals surface area contributed by atoms with Gasteiger partial charge in [0.2, 0.25) is 0 Å². The van der Waals surface area contributed by atoms with E-state index < -0.39 is 0 Å². The number of fused-ring (bicyclic) bond motifs is 2. The van der Waals surface area contributed by atoms with Gasteiger partial charge >= 0.3 is 0 Å². The fourth-order valence-corrected chi connectivity index (χ4v) is 5.89. The third-order valence-electron chi connectivity index (χ3n) is 8.32. The second kappa shape index (κ2) is 12.0. The number of hydrogen-bond acceptors (Lipinski definition) is 4. The van der Waals surface area contributed by atoms with E-state index in [0.29, 0.717) is 23.3 Å². The predicted molar refractivity (Wildman–Crippen MR) is 181 cm³/mol. The van der Waals surface area contributed by atoms with Gasteiger partial charge in [-0.15, -0.1) is 0 Å². The van der Waals surface area contributed by atoms with Gasteiger partial charge < -0.3 is 9.30 Å². The lowest BCUT2D eigenvalue weighted by atomic mass is 9.96. The number of aromatic nitrogens is 3. The summed E-state index contributed by atoms with van der Waals surface area (Å²) in [4.78, 5) is 19.1. The molecule has 0 spiro atoms. The second-order valence-electron chi connectivity index (χ2n) is 11.7. The standard InChI is InChI=1S/C38H38N4O2/c1-7-44-36-20-26(5)32(21-31(36)24(2)3)37-40-34-14-10-8-13-30(34)38(43)42(37)39-22-33-27(6)41(35-15-11-9-12-29(33)35)23-28-18-16-25(4)17-19-28/h8-22,24H,7,23H2,1-6H3. The number of benzene rings is 4. The van der Waals surface area contributed by atoms with E-state index in [1.165, 1.54) is 15.8 Å². The number of hydrogen-bond donors (Lipinski definition) is 0. The van der Waals surface area contributed by atoms with Crippen LogP contribution in [-0.2, 0) is 6.54 Å². The summed E-state index contributed by atoms with van der Waals surface area (Å²) >= 11 is 0. The van der Waals surface area contributed by atoms with Crippen molar-refractivity contribution in [3.8, 4) is 17.1 Å². The third-order valence-corrected chi connectivity index (χ3v) is 8.32. The summed E-state index contributed by atoms with van der Waals surface area (Å²) in [5.41, 5.74) is 8.98. The maximum Gasteiger partial charge on any atom is 0.282 e. The van der Waals surface area contributed by atoms with Crippen LogP contribution in [0.4, 0.5) is 0 Å². The lowest BCUT2D eigenvalue weighted by Gasteiger charge is -2.18. The molecule has 6 rings (SSSR count). The monoisotopic (exact) mass is 582 g/mol. The molecule has 6 nitrogen and oxygen atoms in total. The van der Waals surface area contributed by atoms with Gasteiger partial charge in [0.1, 0.15) is 5.75 Å². The van der Waals surface area contributed by atoms with E-state index in [2.05, 4.69) is 80.8 Å². The van der Waals surface area contributed by atoms with E-state index in [9.17, 15) is 4.79 Å². The Morgan fingerprint density at radius 3 is 2.34 bits per heavy atom. The Morgan fingerprint density at radius 2 is 1.61 bits per heavy atom. The molecule has 4 aromatic carbocycles. The average Bonchev–Trinajstić information content (AvgIpc) is 3.28. The van der Waals surface area contributed by atoms with E-state index in [0.717, 1.165) is 51.1 Å². The molecule has 0 amide bonds. The maximum absolute atomic E-state index is 14.0. The molecule has 2 heterocycles. The highest BCUT2D eigenvalue weighted by Crippen LogP contribution is 2.34. The van der Waals surface area contributed by atoms with Gasteiger partial charge in [-0.25, -0.2) is 4.98 Å². The van der Waals surface area contributed by atoms with E-state index in [-0.39, 0.29) is 11.5 Å². The minimum Gasteiger partial charge on any atom is -0.494 e. The lowest BCUT2D eigenvalue weighted by molar-refractivity contribution is 0.335. The van der Waals surface area contributed by atoms with E-state index in [4.69, 9.17) is 14.8 Å². The largest absolute Gasteiger partial charge is 0.494 e. The maximum atomic E-state index is 14.0. The summed E-state index contributed by atoms with van der Waals surface area (Å²) in [6.07, 6.45) is 1.82. The molecule has 0 aliphatic heterocycles. The van der Waals surface area contributed by atoms with Crippen LogP contribution < -0.4 is 10.3 Å². The molecule has 0 atom stereocenters. The second-order valence-corrected chi connectivity index (χ2v) is 11.7. The molecular weight excluding hydrogens is 544 g/mol. The first kappa shape index (κ1) is 29.1. The van der Waals surface area contributed by atoms with Gasteiger partial charge in [-0.05, 0) is 80.6 Å². The molecule has 0 saturated heterocycles. The van der Waals surface area contributed by atoms with Crippen molar-refractivity contribution in [2.24, 2.45) is 5.10 Å². The summed E-state index contributed by atoms with van der Waals surface area (Å²) in [7, 11) is 0. The predicted octanol–water partition coefficient (Wildman–Crippen LogP) is 8.40. The fraction of sp³-hybridized carbons (Fsp3) is 0.237. The van der Waals surface area contributed by atoms with Crippen molar-refractivity contribution < 1.29 is 4.74 Å². The molecule has 0 saturated carbocycles. The van der Waals surface area contributed by atoms with Gasteiger partial charge in [0.15, 0.2) is 5.82 Å². The Morgan fingerprint density at radius 1 is 0.909 bits per heavy atom. The van der Waals surface area contributed by atoms with Crippen molar-refractivity contribution in [1.29, 1.82) is 0 Å². The molecule has 0 radical (unpaired) electrons. The summed E-state index contributed by atoms with van der Waals surface area (Å²) in [5.74, 6) is 1.59. The first-order valence-corrected chi connectivity index (χ1v) is 15.2. The van der Waals surface area contributed by atoms with Gasteiger partial charge in [-0.3, -0.25) is 4.79 Å². The Kier molecular flexibility index (Phi) is 7.92. The van der Waals surface area contributed by atoms with Crippen LogP contribution >= 0.6 is 0 Å². The van der Waals surface area contributed by atoms with Crippen LogP contribution in [0, 0.1) is 20.8 Å². The zero-order valence-corrected chi connectivity index (χ0v) is 26.3. The zero-order valence-electron chi connectivity index (χ0n) is 26.3. The van der Waals surface area contributed by atoms with E-state index >= 15 is 0 Å². The molecule has 0 N–H and O–H groups in total. The van der Waals surface area contributed by atoms with Gasteiger partial charge in [0, 0.05) is 34.3 Å². The van der Waals surface area contributed by atoms with Crippen LogP contribution in [0.15, 0.2) is 94.8 Å². The highest BCUT2D eigenvalue weighted by molar-refractivity contribution is 6.01. The summed E-state index contributed by atoms with van der Waals surface area (Å²) < 4.78 is 9.76. The number of rotatable bonds is 8. The first-order valence-electron chi connectivity index (χ1n) is 15.2. The number of nitrogens with zero attached hydrogens (tertiary/aromatic N) is 4. The Bertz CT molecular complexity index is 2080. The highest BCUT2D eigenvalue weighted by atomic mass is 16.5. The summed E-state index contributed by atoms with van der Waals surface area (Å²) in [6, 6.07) is 28.6. The van der Waals surface area contributed by atoms with Crippen molar-refractivity contribution in [2.75, 3.05) is 6.61 Å². The number of para-hydroxylation sites is 2. The quantitative estimate of drug-likeness (QED) is 0.169. The van der Waals surface area contributed by atoms with E-state index in [1.807, 2.05) is 56.5 Å². The van der Waals surface area contributed by atoms with Crippen molar-refractivity contribution in [1.82, 2.24) is 14.2 Å². The molecule has 6 heteroatoms. The first-order chi connectivity index (χ1) is 21.3. The number of aryl methyl sites for hydroxylation is 2. The van der Waals surface area contributed by atoms with Crippen LogP contribution in [0.2, 0.25) is 0 Å². The van der Waals surface area contributed by atoms with Gasteiger partial charge in [0.25, 0.3) is 5.56 Å². The molecule has 0 aliphatic carbocycles. The van der Waals surface area contributed by atoms with Crippen molar-refractivity contribution in [3.63, 3.8) is 0 Å². The number of ether oxygens (including phenoxy) is 1. The average molecular weight is 583 g/mol. The highest BCUT2D eigenvalue weighted by Gasteiger charge is 2.19. The minimum atomic E-state index is -0.206. The zero-order chi connectivity index (χ0) is 31.0. The molecule has 0 bridgehead atoms. The van der Waals surface area contributed by atoms with Crippen LogP contribution in [0.5, 0.6) is 5.75 Å². The topological polar surface area (TPSA) is 61.4 Å². The third kappa shape index (κ3) is 5.32. The minimum absolute atomic E-state index is 0.206. The molecule has 0 unspecified atom stereocenters. The summed E-state index contributed by atoms with van der Waals surface area (Å²) in [5, 5.41) is 6.51. The van der Waals surface area contributed by atoms with Crippen LogP contribution in [0.25, 0.3) is 33.2 Å². The van der Waals surface area contributed by atoms with Gasteiger partial charge in [0.05, 0.1) is 23.7 Å². The molecule has 0 aliphatic rings. The van der Waals surface area contributed by atoms with Crippen molar-refractivity contribution in [3.05, 3.63) is 129 Å². The van der Waals surface area contributed by atoms with Gasteiger partial charge in [-0.2, -0.15) is 9.78 Å². The smallest absolute Gasteiger partial charge is 0.282 e. The van der Waals surface area contributed by atoms with Crippen LogP contribution in [0.1, 0.15) is 60.2 Å². The fourth-order valence-electron chi connectivity index (χ4n) is 5.89. The summed E-state index contributed by atoms with van der Waals surface area (Å²) in [6.45, 7) is 13.8. The van der Waals surface area contributed by atoms with Crippen molar-refractivity contribution >= 4 is 28.0 Å². The Balaban J connectivity index is 1.54. The normalized spacial score (nSPS) is 11.8. The molecule has 0 fully saturated rings. The lowest BCUT2D eigenvalue weighted by Crippen LogP contribution is -2.21. The van der Waals surface area contributed by atoms with Crippen LogP contribution in [0.3, 0.4) is 0 Å². The van der Waals surface area contributed by atoms with Gasteiger partial charge in [-0.1, -0.05) is 74.0 Å². The molecule has 6 aromatic rings. The molecule has 44 heavy (non-hydrogen) atoms. The molecular formula is C38H38N4O2. The Labute approximate surface area is 258 Å².